The number of hydrogen-bond acceptors (Lipinski definition) is 4. The second-order valence-corrected chi connectivity index (χ2v) is 2.75. The third-order valence-corrected chi connectivity index (χ3v) is 1.83. The number of carbonyl (C=O) groups excluding carboxylic acids is 1. The fourth-order valence-corrected chi connectivity index (χ4v) is 1.12. The molecule has 1 heterocycles. The Balaban J connectivity index is 2.29. The summed E-state index contributed by atoms with van der Waals surface area (Å²) >= 11 is 1.49. The predicted octanol–water partition coefficient (Wildman–Crippen LogP) is 0.999. The van der Waals surface area contributed by atoms with Gasteiger partial charge in [-0.1, -0.05) is 0 Å². The molecule has 11 heavy (non-hydrogen) atoms. The summed E-state index contributed by atoms with van der Waals surface area (Å²) in [6.45, 7) is 0.435. The lowest BCUT2D eigenvalue weighted by molar-refractivity contribution is 0.170. The fraction of sp³-hybridized carbons (Fsp3) is 0.333. The molecule has 4 nitrogen and oxygen atoms in total. The van der Waals surface area contributed by atoms with Crippen LogP contribution in [-0.4, -0.2) is 18.2 Å². The van der Waals surface area contributed by atoms with Crippen LogP contribution < -0.4 is 5.32 Å². The molecule has 60 valence electrons. The number of ether oxygens (including phenoxy) is 1. The molecule has 1 amide bonds. The van der Waals surface area contributed by atoms with Crippen molar-refractivity contribution in [2.75, 3.05) is 7.11 Å². The van der Waals surface area contributed by atoms with Crippen LogP contribution in [0.2, 0.25) is 0 Å². The number of hydrogen-bond donors (Lipinski definition) is 1. The standard InChI is InChI=1S/C6H8N2O2S/c1-10-6(9)8-4-5-7-2-3-11-5/h2-3H,4H2,1H3,(H,8,9). The predicted molar refractivity (Wildman–Crippen MR) is 41.4 cm³/mol. The Morgan fingerprint density at radius 2 is 2.73 bits per heavy atom. The van der Waals surface area contributed by atoms with Crippen molar-refractivity contribution in [1.29, 1.82) is 0 Å². The van der Waals surface area contributed by atoms with Crippen molar-refractivity contribution in [1.82, 2.24) is 10.3 Å². The zero-order valence-electron chi connectivity index (χ0n) is 6.03. The van der Waals surface area contributed by atoms with Crippen LogP contribution in [0.15, 0.2) is 11.6 Å². The van der Waals surface area contributed by atoms with Gasteiger partial charge in [0.1, 0.15) is 5.01 Å². The van der Waals surface area contributed by atoms with E-state index >= 15 is 0 Å². The van der Waals surface area contributed by atoms with Gasteiger partial charge in [0, 0.05) is 11.6 Å². The van der Waals surface area contributed by atoms with Gasteiger partial charge in [0.05, 0.1) is 13.7 Å². The molecule has 1 aromatic heterocycles. The van der Waals surface area contributed by atoms with Gasteiger partial charge in [-0.15, -0.1) is 11.3 Å². The molecule has 0 saturated carbocycles. The van der Waals surface area contributed by atoms with Crippen LogP contribution in [0.25, 0.3) is 0 Å². The van der Waals surface area contributed by atoms with Gasteiger partial charge in [-0.2, -0.15) is 0 Å². The first-order chi connectivity index (χ1) is 5.33. The summed E-state index contributed by atoms with van der Waals surface area (Å²) in [5, 5.41) is 5.25. The van der Waals surface area contributed by atoms with Crippen LogP contribution in [0.5, 0.6) is 0 Å². The van der Waals surface area contributed by atoms with Gasteiger partial charge in [-0.3, -0.25) is 0 Å². The topological polar surface area (TPSA) is 51.2 Å². The maximum Gasteiger partial charge on any atom is 0.407 e. The molecular formula is C6H8N2O2S. The summed E-state index contributed by atoms with van der Waals surface area (Å²) in [7, 11) is 1.33. The van der Waals surface area contributed by atoms with Crippen molar-refractivity contribution >= 4 is 17.4 Å². The first kappa shape index (κ1) is 8.00. The maximum atomic E-state index is 10.6. The van der Waals surface area contributed by atoms with Gasteiger partial charge in [0.15, 0.2) is 0 Å². The van der Waals surface area contributed by atoms with E-state index in [2.05, 4.69) is 15.0 Å². The zero-order chi connectivity index (χ0) is 8.10. The van der Waals surface area contributed by atoms with Crippen LogP contribution in [0.4, 0.5) is 4.79 Å². The van der Waals surface area contributed by atoms with Crippen molar-refractivity contribution in [3.63, 3.8) is 0 Å². The average molecular weight is 172 g/mol. The van der Waals surface area contributed by atoms with Crippen LogP contribution in [0, 0.1) is 0 Å². The number of nitrogens with zero attached hydrogens (tertiary/aromatic N) is 1. The van der Waals surface area contributed by atoms with Crippen LogP contribution in [-0.2, 0) is 11.3 Å². The normalized spacial score (nSPS) is 9.18. The van der Waals surface area contributed by atoms with Gasteiger partial charge in [0.2, 0.25) is 0 Å². The number of amides is 1. The first-order valence-corrected chi connectivity index (χ1v) is 3.91. The van der Waals surface area contributed by atoms with Crippen molar-refractivity contribution in [3.8, 4) is 0 Å². The highest BCUT2D eigenvalue weighted by Crippen LogP contribution is 2.02. The number of methoxy groups -OCH3 is 1. The molecule has 0 spiro atoms. The minimum Gasteiger partial charge on any atom is -0.453 e. The average Bonchev–Trinajstić information content (AvgIpc) is 2.52. The van der Waals surface area contributed by atoms with Gasteiger partial charge in [-0.25, -0.2) is 9.78 Å². The van der Waals surface area contributed by atoms with E-state index in [0.717, 1.165) is 5.01 Å². The molecule has 1 aromatic rings. The maximum absolute atomic E-state index is 10.6. The van der Waals surface area contributed by atoms with E-state index in [0.29, 0.717) is 6.54 Å². The van der Waals surface area contributed by atoms with E-state index in [-0.39, 0.29) is 0 Å². The molecule has 0 bridgehead atoms. The Hall–Kier alpha value is -1.10. The van der Waals surface area contributed by atoms with Gasteiger partial charge >= 0.3 is 6.09 Å². The van der Waals surface area contributed by atoms with E-state index in [9.17, 15) is 4.79 Å². The number of thiazole rings is 1. The lowest BCUT2D eigenvalue weighted by Crippen LogP contribution is -2.22. The molecule has 0 radical (unpaired) electrons. The minimum atomic E-state index is -0.430. The molecule has 1 rings (SSSR count). The summed E-state index contributed by atoms with van der Waals surface area (Å²) in [6, 6.07) is 0. The lowest BCUT2D eigenvalue weighted by atomic mass is 10.7. The SMILES string of the molecule is COC(=O)NCc1nccs1. The third kappa shape index (κ3) is 2.55. The van der Waals surface area contributed by atoms with E-state index in [4.69, 9.17) is 0 Å². The van der Waals surface area contributed by atoms with Crippen molar-refractivity contribution < 1.29 is 9.53 Å². The molecular weight excluding hydrogens is 164 g/mol. The zero-order valence-corrected chi connectivity index (χ0v) is 6.85. The van der Waals surface area contributed by atoms with Gasteiger partial charge in [-0.05, 0) is 0 Å². The van der Waals surface area contributed by atoms with Crippen molar-refractivity contribution in [2.45, 2.75) is 6.54 Å². The molecule has 1 N–H and O–H groups in total. The van der Waals surface area contributed by atoms with E-state index in [1.165, 1.54) is 18.4 Å². The minimum absolute atomic E-state index is 0.430. The van der Waals surface area contributed by atoms with E-state index < -0.39 is 6.09 Å². The Bertz CT molecular complexity index is 222. The Morgan fingerprint density at radius 1 is 1.91 bits per heavy atom. The fourth-order valence-electron chi connectivity index (χ4n) is 0.560. The number of rotatable bonds is 2. The highest BCUT2D eigenvalue weighted by Gasteiger charge is 1.99. The lowest BCUT2D eigenvalue weighted by Gasteiger charge is -1.98. The molecule has 0 fully saturated rings. The van der Waals surface area contributed by atoms with Crippen molar-refractivity contribution in [2.24, 2.45) is 0 Å². The number of carbonyl (C=O) groups is 1. The van der Waals surface area contributed by atoms with Gasteiger partial charge in [0.25, 0.3) is 0 Å². The summed E-state index contributed by atoms with van der Waals surface area (Å²) in [5.74, 6) is 0. The van der Waals surface area contributed by atoms with Crippen LogP contribution in [0.1, 0.15) is 5.01 Å². The number of nitrogens with one attached hydrogen (secondary N) is 1. The number of aromatic nitrogens is 1. The second-order valence-electron chi connectivity index (χ2n) is 1.77. The summed E-state index contributed by atoms with van der Waals surface area (Å²) in [4.78, 5) is 14.5. The number of alkyl carbamates (subject to hydrolysis) is 1. The highest BCUT2D eigenvalue weighted by molar-refractivity contribution is 7.09. The Labute approximate surface area is 68.2 Å². The van der Waals surface area contributed by atoms with Crippen LogP contribution >= 0.6 is 11.3 Å². The first-order valence-electron chi connectivity index (χ1n) is 3.03. The van der Waals surface area contributed by atoms with Crippen molar-refractivity contribution in [3.05, 3.63) is 16.6 Å². The summed E-state index contributed by atoms with van der Waals surface area (Å²) in [6.07, 6.45) is 1.26. The highest BCUT2D eigenvalue weighted by atomic mass is 32.1. The molecule has 5 heteroatoms. The third-order valence-electron chi connectivity index (χ3n) is 1.05. The molecule has 0 aliphatic heterocycles. The largest absolute Gasteiger partial charge is 0.453 e. The Kier molecular flexibility index (Phi) is 2.85. The summed E-state index contributed by atoms with van der Waals surface area (Å²) in [5.41, 5.74) is 0. The molecule has 0 atom stereocenters. The molecule has 0 aromatic carbocycles. The molecule has 0 saturated heterocycles. The smallest absolute Gasteiger partial charge is 0.407 e. The molecule has 0 aliphatic carbocycles. The molecule has 0 aliphatic rings. The van der Waals surface area contributed by atoms with E-state index in [1.807, 2.05) is 5.38 Å². The second kappa shape index (κ2) is 3.92. The van der Waals surface area contributed by atoms with E-state index in [1.54, 1.807) is 6.20 Å². The van der Waals surface area contributed by atoms with Crippen LogP contribution in [0.3, 0.4) is 0 Å². The monoisotopic (exact) mass is 172 g/mol. The quantitative estimate of drug-likeness (QED) is 0.724. The summed E-state index contributed by atoms with van der Waals surface area (Å²) < 4.78 is 4.38. The Morgan fingerprint density at radius 3 is 3.27 bits per heavy atom. The molecule has 0 unspecified atom stereocenters. The van der Waals surface area contributed by atoms with Gasteiger partial charge < -0.3 is 10.1 Å².